The van der Waals surface area contributed by atoms with Crippen molar-refractivity contribution in [3.8, 4) is 0 Å². The Hall–Kier alpha value is -1.68. The van der Waals surface area contributed by atoms with Crippen LogP contribution in [-0.2, 0) is 12.7 Å². The van der Waals surface area contributed by atoms with Gasteiger partial charge in [0.25, 0.3) is 0 Å². The van der Waals surface area contributed by atoms with Crippen LogP contribution < -0.4 is 5.32 Å². The molecule has 2 aromatic carbocycles. The molecule has 5 heteroatoms. The molecule has 1 nitrogen and oxygen atoms in total. The molecule has 0 bridgehead atoms. The summed E-state index contributed by atoms with van der Waals surface area (Å²) in [6.45, 7) is 4.42. The van der Waals surface area contributed by atoms with E-state index in [1.165, 1.54) is 6.07 Å². The van der Waals surface area contributed by atoms with E-state index in [1.54, 1.807) is 0 Å². The van der Waals surface area contributed by atoms with Crippen molar-refractivity contribution >= 4 is 17.3 Å². The Morgan fingerprint density at radius 3 is 2.38 bits per heavy atom. The quantitative estimate of drug-likeness (QED) is 0.779. The number of rotatable bonds is 3. The third-order valence-corrected chi connectivity index (χ3v) is 3.42. The molecule has 0 aliphatic rings. The first-order valence-corrected chi connectivity index (χ1v) is 6.81. The van der Waals surface area contributed by atoms with Gasteiger partial charge in [0.1, 0.15) is 0 Å². The molecule has 0 saturated heterocycles. The molecular weight excluding hydrogens is 299 g/mol. The number of benzene rings is 2. The standard InChI is InChI=1S/C16H15ClF3N/c1-10-3-4-12(11(2)5-10)9-21-15-7-13(16(18,19)20)6-14(17)8-15/h3-8,21H,9H2,1-2H3. The minimum atomic E-state index is -4.40. The van der Waals surface area contributed by atoms with Crippen molar-refractivity contribution in [2.45, 2.75) is 26.6 Å². The third-order valence-electron chi connectivity index (χ3n) is 3.21. The number of anilines is 1. The lowest BCUT2D eigenvalue weighted by Crippen LogP contribution is -2.07. The van der Waals surface area contributed by atoms with Crippen LogP contribution in [0.4, 0.5) is 18.9 Å². The minimum Gasteiger partial charge on any atom is -0.381 e. The molecule has 0 aliphatic heterocycles. The molecule has 0 radical (unpaired) electrons. The van der Waals surface area contributed by atoms with Gasteiger partial charge >= 0.3 is 6.18 Å². The van der Waals surface area contributed by atoms with Gasteiger partial charge in [-0.15, -0.1) is 0 Å². The molecule has 112 valence electrons. The second-order valence-electron chi connectivity index (χ2n) is 5.01. The zero-order valence-electron chi connectivity index (χ0n) is 11.7. The molecule has 2 aromatic rings. The van der Waals surface area contributed by atoms with Crippen molar-refractivity contribution in [2.24, 2.45) is 0 Å². The first-order chi connectivity index (χ1) is 9.75. The Kier molecular flexibility index (Phi) is 4.47. The van der Waals surface area contributed by atoms with Crippen LogP contribution in [0, 0.1) is 13.8 Å². The van der Waals surface area contributed by atoms with Gasteiger partial charge in [-0.25, -0.2) is 0 Å². The Morgan fingerprint density at radius 1 is 1.05 bits per heavy atom. The van der Waals surface area contributed by atoms with Crippen molar-refractivity contribution in [1.29, 1.82) is 0 Å². The van der Waals surface area contributed by atoms with Gasteiger partial charge in [0.05, 0.1) is 5.56 Å². The van der Waals surface area contributed by atoms with E-state index in [4.69, 9.17) is 11.6 Å². The third kappa shape index (κ3) is 4.14. The summed E-state index contributed by atoms with van der Waals surface area (Å²) < 4.78 is 38.2. The van der Waals surface area contributed by atoms with Crippen LogP contribution in [0.2, 0.25) is 5.02 Å². The average Bonchev–Trinajstić information content (AvgIpc) is 2.36. The molecule has 0 heterocycles. The monoisotopic (exact) mass is 313 g/mol. The lowest BCUT2D eigenvalue weighted by molar-refractivity contribution is -0.137. The lowest BCUT2D eigenvalue weighted by atomic mass is 10.1. The van der Waals surface area contributed by atoms with Crippen LogP contribution in [0.5, 0.6) is 0 Å². The Labute approximate surface area is 126 Å². The Morgan fingerprint density at radius 2 is 1.76 bits per heavy atom. The van der Waals surface area contributed by atoms with E-state index in [0.717, 1.165) is 28.8 Å². The topological polar surface area (TPSA) is 12.0 Å². The molecule has 2 rings (SSSR count). The van der Waals surface area contributed by atoms with Crippen molar-refractivity contribution in [1.82, 2.24) is 0 Å². The highest BCUT2D eigenvalue weighted by Gasteiger charge is 2.31. The van der Waals surface area contributed by atoms with E-state index in [9.17, 15) is 13.2 Å². The van der Waals surface area contributed by atoms with Crippen molar-refractivity contribution < 1.29 is 13.2 Å². The Balaban J connectivity index is 2.18. The van der Waals surface area contributed by atoms with Gasteiger partial charge < -0.3 is 5.32 Å². The zero-order chi connectivity index (χ0) is 15.6. The van der Waals surface area contributed by atoms with E-state index in [-0.39, 0.29) is 5.02 Å². The number of halogens is 4. The summed E-state index contributed by atoms with van der Waals surface area (Å²) in [5.41, 5.74) is 2.89. The van der Waals surface area contributed by atoms with Gasteiger partial charge in [-0.1, -0.05) is 35.4 Å². The molecule has 0 spiro atoms. The zero-order valence-corrected chi connectivity index (χ0v) is 12.4. The van der Waals surface area contributed by atoms with Crippen molar-refractivity contribution in [2.75, 3.05) is 5.32 Å². The molecule has 0 aromatic heterocycles. The summed E-state index contributed by atoms with van der Waals surface area (Å²) >= 11 is 5.75. The van der Waals surface area contributed by atoms with Crippen molar-refractivity contribution in [3.05, 3.63) is 63.7 Å². The van der Waals surface area contributed by atoms with E-state index >= 15 is 0 Å². The van der Waals surface area contributed by atoms with E-state index in [1.807, 2.05) is 32.0 Å². The lowest BCUT2D eigenvalue weighted by Gasteiger charge is -2.13. The molecule has 0 atom stereocenters. The molecular formula is C16H15ClF3N. The molecule has 1 N–H and O–H groups in total. The summed E-state index contributed by atoms with van der Waals surface area (Å²) in [6, 6.07) is 9.45. The van der Waals surface area contributed by atoms with Crippen LogP contribution in [-0.4, -0.2) is 0 Å². The number of hydrogen-bond donors (Lipinski definition) is 1. The molecule has 0 saturated carbocycles. The fourth-order valence-corrected chi connectivity index (χ4v) is 2.33. The van der Waals surface area contributed by atoms with Crippen molar-refractivity contribution in [3.63, 3.8) is 0 Å². The maximum absolute atomic E-state index is 12.7. The van der Waals surface area contributed by atoms with E-state index in [2.05, 4.69) is 5.32 Å². The maximum Gasteiger partial charge on any atom is 0.416 e. The summed E-state index contributed by atoms with van der Waals surface area (Å²) in [7, 11) is 0. The number of alkyl halides is 3. The van der Waals surface area contributed by atoms with Gasteiger partial charge in [-0.2, -0.15) is 13.2 Å². The van der Waals surface area contributed by atoms with Gasteiger partial charge in [-0.3, -0.25) is 0 Å². The normalized spacial score (nSPS) is 11.5. The fourth-order valence-electron chi connectivity index (χ4n) is 2.10. The van der Waals surface area contributed by atoms with Gasteiger partial charge in [0.2, 0.25) is 0 Å². The van der Waals surface area contributed by atoms with E-state index in [0.29, 0.717) is 12.2 Å². The van der Waals surface area contributed by atoms with Gasteiger partial charge in [0, 0.05) is 17.3 Å². The van der Waals surface area contributed by atoms with E-state index < -0.39 is 11.7 Å². The predicted octanol–water partition coefficient (Wildman–Crippen LogP) is 5.59. The highest BCUT2D eigenvalue weighted by Crippen LogP contribution is 2.33. The number of hydrogen-bond acceptors (Lipinski definition) is 1. The SMILES string of the molecule is Cc1ccc(CNc2cc(Cl)cc(C(F)(F)F)c2)c(C)c1. The van der Waals surface area contributed by atoms with Crippen LogP contribution in [0.1, 0.15) is 22.3 Å². The molecule has 0 aliphatic carbocycles. The number of nitrogens with one attached hydrogen (secondary N) is 1. The van der Waals surface area contributed by atoms with Crippen LogP contribution in [0.25, 0.3) is 0 Å². The minimum absolute atomic E-state index is 0.0629. The predicted molar refractivity (Wildman–Crippen MR) is 79.7 cm³/mol. The molecule has 0 fully saturated rings. The van der Waals surface area contributed by atoms with Gasteiger partial charge in [-0.05, 0) is 43.2 Å². The summed E-state index contributed by atoms with van der Waals surface area (Å²) in [5, 5.41) is 3.05. The average molecular weight is 314 g/mol. The molecule has 21 heavy (non-hydrogen) atoms. The number of aryl methyl sites for hydroxylation is 2. The molecule has 0 amide bonds. The van der Waals surface area contributed by atoms with Crippen LogP contribution in [0.3, 0.4) is 0 Å². The highest BCUT2D eigenvalue weighted by molar-refractivity contribution is 6.30. The second kappa shape index (κ2) is 5.98. The summed E-state index contributed by atoms with van der Waals surface area (Å²) in [4.78, 5) is 0. The first kappa shape index (κ1) is 15.7. The first-order valence-electron chi connectivity index (χ1n) is 6.43. The molecule has 0 unspecified atom stereocenters. The Bertz CT molecular complexity index is 650. The smallest absolute Gasteiger partial charge is 0.381 e. The van der Waals surface area contributed by atoms with Crippen LogP contribution >= 0.6 is 11.6 Å². The largest absolute Gasteiger partial charge is 0.416 e. The highest BCUT2D eigenvalue weighted by atomic mass is 35.5. The van der Waals surface area contributed by atoms with Gasteiger partial charge in [0.15, 0.2) is 0 Å². The van der Waals surface area contributed by atoms with Crippen LogP contribution in [0.15, 0.2) is 36.4 Å². The second-order valence-corrected chi connectivity index (χ2v) is 5.45. The summed E-state index contributed by atoms with van der Waals surface area (Å²) in [5.74, 6) is 0. The fraction of sp³-hybridized carbons (Fsp3) is 0.250. The maximum atomic E-state index is 12.7. The summed E-state index contributed by atoms with van der Waals surface area (Å²) in [6.07, 6.45) is -4.40.